The van der Waals surface area contributed by atoms with E-state index in [2.05, 4.69) is 37.1 Å². The number of anilines is 2. The lowest BCUT2D eigenvalue weighted by Gasteiger charge is -2.37. The van der Waals surface area contributed by atoms with E-state index < -0.39 is 5.79 Å². The number of ether oxygens (including phenoxy) is 3. The Hall–Kier alpha value is -4.29. The molecule has 2 aliphatic rings. The molecule has 7 rings (SSSR count). The van der Waals surface area contributed by atoms with Crippen LogP contribution in [0.5, 0.6) is 5.75 Å². The number of nitrogens with one attached hydrogen (secondary N) is 1. The molecular weight excluding hydrogens is 617 g/mol. The molecule has 2 saturated heterocycles. The van der Waals surface area contributed by atoms with Crippen LogP contribution in [-0.4, -0.2) is 69.8 Å². The van der Waals surface area contributed by atoms with Crippen LogP contribution in [0.1, 0.15) is 5.56 Å². The van der Waals surface area contributed by atoms with E-state index in [1.807, 2.05) is 53.2 Å². The third kappa shape index (κ3) is 6.30. The molecule has 4 heterocycles. The zero-order valence-corrected chi connectivity index (χ0v) is 25.8. The molecule has 2 aliphatic heterocycles. The lowest BCUT2D eigenvalue weighted by molar-refractivity contribution is -0.189. The summed E-state index contributed by atoms with van der Waals surface area (Å²) in [6, 6.07) is 21.4. The smallest absolute Gasteiger partial charge is 0.347 e. The highest BCUT2D eigenvalue weighted by atomic mass is 35.5. The second-order valence-electron chi connectivity index (χ2n) is 11.0. The van der Waals surface area contributed by atoms with E-state index in [4.69, 9.17) is 37.4 Å². The van der Waals surface area contributed by atoms with Crippen molar-refractivity contribution < 1.29 is 14.2 Å². The molecule has 232 valence electrons. The minimum Gasteiger partial charge on any atom is -0.491 e. The molecule has 0 amide bonds. The van der Waals surface area contributed by atoms with Gasteiger partial charge in [-0.25, -0.2) is 19.4 Å². The van der Waals surface area contributed by atoms with Crippen LogP contribution in [0.4, 0.5) is 11.4 Å². The number of imidazole rings is 1. The summed E-state index contributed by atoms with van der Waals surface area (Å²) in [4.78, 5) is 20.7. The average Bonchev–Trinajstić information content (AvgIpc) is 3.83. The van der Waals surface area contributed by atoms with Gasteiger partial charge in [0.2, 0.25) is 5.79 Å². The Kier molecular flexibility index (Phi) is 8.24. The van der Waals surface area contributed by atoms with Gasteiger partial charge in [0.15, 0.2) is 0 Å². The number of piperazine rings is 1. The first kappa shape index (κ1) is 29.4. The molecule has 0 spiro atoms. The van der Waals surface area contributed by atoms with Crippen molar-refractivity contribution in [3.05, 3.63) is 118 Å². The molecule has 2 aromatic heterocycles. The summed E-state index contributed by atoms with van der Waals surface area (Å²) in [5, 5.41) is 7.23. The quantitative estimate of drug-likeness (QED) is 0.245. The summed E-state index contributed by atoms with van der Waals surface area (Å²) in [6.45, 7) is 4.61. The fraction of sp³-hybridized carbons (Fsp3) is 0.281. The van der Waals surface area contributed by atoms with Crippen LogP contribution in [0.2, 0.25) is 10.0 Å². The number of H-pyrrole nitrogens is 1. The van der Waals surface area contributed by atoms with E-state index >= 15 is 0 Å². The van der Waals surface area contributed by atoms with Crippen molar-refractivity contribution >= 4 is 34.6 Å². The van der Waals surface area contributed by atoms with Gasteiger partial charge in [0.1, 0.15) is 24.8 Å². The van der Waals surface area contributed by atoms with Gasteiger partial charge in [-0.3, -0.25) is 0 Å². The Labute approximate surface area is 269 Å². The number of hydrogen-bond acceptors (Lipinski definition) is 8. The fourth-order valence-corrected chi connectivity index (χ4v) is 6.35. The number of rotatable bonds is 9. The van der Waals surface area contributed by atoms with Gasteiger partial charge in [-0.05, 0) is 60.7 Å². The highest BCUT2D eigenvalue weighted by molar-refractivity contribution is 6.35. The Morgan fingerprint density at radius 3 is 2.22 bits per heavy atom. The number of halogens is 2. The SMILES string of the molecule is O=c1[nH]ncn1-c1ccc(N2CCN(c3ccc(OCC4COC(Cn5ccnc5)(c5ccc(Cl)cc5Cl)O4)cc3)CC2)cc1. The molecule has 0 bridgehead atoms. The Balaban J connectivity index is 0.936. The topological polar surface area (TPSA) is 103 Å². The summed E-state index contributed by atoms with van der Waals surface area (Å²) in [7, 11) is 0. The highest BCUT2D eigenvalue weighted by Crippen LogP contribution is 2.40. The highest BCUT2D eigenvalue weighted by Gasteiger charge is 2.45. The molecular formula is C32H31Cl2N7O4. The predicted molar refractivity (Wildman–Crippen MR) is 172 cm³/mol. The number of nitrogens with zero attached hydrogens (tertiary/aromatic N) is 6. The fourth-order valence-electron chi connectivity index (χ4n) is 5.80. The van der Waals surface area contributed by atoms with E-state index in [-0.39, 0.29) is 11.8 Å². The first-order valence-electron chi connectivity index (χ1n) is 14.6. The van der Waals surface area contributed by atoms with Gasteiger partial charge < -0.3 is 28.6 Å². The molecule has 11 nitrogen and oxygen atoms in total. The molecule has 0 radical (unpaired) electrons. The Bertz CT molecular complexity index is 1790. The minimum absolute atomic E-state index is 0.253. The van der Waals surface area contributed by atoms with Crippen LogP contribution in [0.3, 0.4) is 0 Å². The number of hydrogen-bond donors (Lipinski definition) is 1. The lowest BCUT2D eigenvalue weighted by Crippen LogP contribution is -2.46. The van der Waals surface area contributed by atoms with Crippen LogP contribution in [-0.2, 0) is 21.8 Å². The second kappa shape index (κ2) is 12.6. The first-order valence-corrected chi connectivity index (χ1v) is 15.4. The summed E-state index contributed by atoms with van der Waals surface area (Å²) < 4.78 is 22.3. The van der Waals surface area contributed by atoms with Crippen molar-refractivity contribution in [1.29, 1.82) is 0 Å². The van der Waals surface area contributed by atoms with Crippen LogP contribution in [0.25, 0.3) is 5.69 Å². The first-order chi connectivity index (χ1) is 22.0. The maximum atomic E-state index is 11.8. The van der Waals surface area contributed by atoms with E-state index in [9.17, 15) is 4.79 Å². The van der Waals surface area contributed by atoms with E-state index in [1.165, 1.54) is 10.9 Å². The summed E-state index contributed by atoms with van der Waals surface area (Å²) in [6.07, 6.45) is 6.46. The van der Waals surface area contributed by atoms with E-state index in [0.29, 0.717) is 35.4 Å². The van der Waals surface area contributed by atoms with Gasteiger partial charge >= 0.3 is 5.69 Å². The van der Waals surface area contributed by atoms with Gasteiger partial charge in [-0.2, -0.15) is 5.10 Å². The molecule has 1 N–H and O–H groups in total. The van der Waals surface area contributed by atoms with Gasteiger partial charge in [0, 0.05) is 60.5 Å². The van der Waals surface area contributed by atoms with E-state index in [1.54, 1.807) is 24.7 Å². The monoisotopic (exact) mass is 647 g/mol. The van der Waals surface area contributed by atoms with Crippen molar-refractivity contribution in [3.63, 3.8) is 0 Å². The molecule has 2 atom stereocenters. The molecule has 13 heteroatoms. The second-order valence-corrected chi connectivity index (χ2v) is 11.8. The Morgan fingerprint density at radius 2 is 1.60 bits per heavy atom. The van der Waals surface area contributed by atoms with Crippen molar-refractivity contribution in [1.82, 2.24) is 24.3 Å². The average molecular weight is 649 g/mol. The molecule has 45 heavy (non-hydrogen) atoms. The molecule has 0 saturated carbocycles. The molecule has 5 aromatic rings. The number of aromatic nitrogens is 5. The Morgan fingerprint density at radius 1 is 0.911 bits per heavy atom. The zero-order valence-electron chi connectivity index (χ0n) is 24.3. The minimum atomic E-state index is -1.09. The van der Waals surface area contributed by atoms with Gasteiger partial charge in [-0.1, -0.05) is 29.3 Å². The third-order valence-corrected chi connectivity index (χ3v) is 8.66. The van der Waals surface area contributed by atoms with Crippen molar-refractivity contribution in [2.75, 3.05) is 49.2 Å². The summed E-state index contributed by atoms with van der Waals surface area (Å²) in [5.41, 5.74) is 3.51. The standard InChI is InChI=1S/C32H31Cl2N7O4/c33-23-1-10-29(30(34)17-23)32(20-38-12-11-35-21-38)44-19-28(45-32)18-43-27-8-6-25(7-9-27)40-15-13-39(14-16-40)24-2-4-26(5-3-24)41-22-36-37-31(41)42/h1-12,17,21-22,28H,13-16,18-20H2,(H,37,42). The number of aromatic amines is 1. The number of benzene rings is 3. The van der Waals surface area contributed by atoms with Crippen LogP contribution in [0, 0.1) is 0 Å². The predicted octanol–water partition coefficient (Wildman–Crippen LogP) is 4.74. The van der Waals surface area contributed by atoms with Gasteiger partial charge in [0.05, 0.1) is 30.2 Å². The maximum absolute atomic E-state index is 11.8. The van der Waals surface area contributed by atoms with Gasteiger partial charge in [-0.15, -0.1) is 0 Å². The zero-order chi connectivity index (χ0) is 30.8. The largest absolute Gasteiger partial charge is 0.491 e. The maximum Gasteiger partial charge on any atom is 0.347 e. The summed E-state index contributed by atoms with van der Waals surface area (Å²) >= 11 is 12.7. The van der Waals surface area contributed by atoms with Crippen molar-refractivity contribution in [2.24, 2.45) is 0 Å². The summed E-state index contributed by atoms with van der Waals surface area (Å²) in [5.74, 6) is -0.335. The van der Waals surface area contributed by atoms with Crippen molar-refractivity contribution in [2.45, 2.75) is 18.4 Å². The molecule has 2 unspecified atom stereocenters. The van der Waals surface area contributed by atoms with Gasteiger partial charge in [0.25, 0.3) is 0 Å². The molecule has 2 fully saturated rings. The normalized spacial score (nSPS) is 20.1. The molecule has 3 aromatic carbocycles. The van der Waals surface area contributed by atoms with Crippen molar-refractivity contribution in [3.8, 4) is 11.4 Å². The third-order valence-electron chi connectivity index (χ3n) is 8.11. The van der Waals surface area contributed by atoms with Crippen LogP contribution in [0.15, 0.2) is 96.6 Å². The van der Waals surface area contributed by atoms with Crippen LogP contribution < -0.4 is 20.2 Å². The lowest BCUT2D eigenvalue weighted by atomic mass is 10.1. The van der Waals surface area contributed by atoms with Crippen LogP contribution >= 0.6 is 23.2 Å². The molecule has 0 aliphatic carbocycles. The van der Waals surface area contributed by atoms with E-state index in [0.717, 1.165) is 49.0 Å².